The van der Waals surface area contributed by atoms with E-state index in [4.69, 9.17) is 26.8 Å². The number of hydrogen-bond acceptors (Lipinski definition) is 4. The second-order valence-electron chi connectivity index (χ2n) is 8.22. The molecule has 0 fully saturated rings. The van der Waals surface area contributed by atoms with Gasteiger partial charge in [0.05, 0.1) is 5.02 Å². The molecular weight excluding hydrogens is 450 g/mol. The third-order valence-electron chi connectivity index (χ3n) is 6.46. The number of primary amides is 1. The van der Waals surface area contributed by atoms with Crippen LogP contribution in [0.3, 0.4) is 0 Å². The van der Waals surface area contributed by atoms with E-state index in [1.54, 1.807) is 7.05 Å². The van der Waals surface area contributed by atoms with E-state index in [2.05, 4.69) is 5.32 Å². The number of methoxy groups -OCH3 is 1. The van der Waals surface area contributed by atoms with Gasteiger partial charge in [-0.25, -0.2) is 8.78 Å². The number of amides is 1. The lowest BCUT2D eigenvalue weighted by Crippen LogP contribution is -2.43. The number of nitrogens with one attached hydrogen (secondary N) is 1. The smallest absolute Gasteiger partial charge is 0.249 e. The summed E-state index contributed by atoms with van der Waals surface area (Å²) in [5, 5.41) is 2.86. The maximum atomic E-state index is 15.7. The van der Waals surface area contributed by atoms with Crippen molar-refractivity contribution in [2.45, 2.75) is 30.7 Å². The molecule has 0 spiro atoms. The number of ether oxygens (including phenoxy) is 2. The van der Waals surface area contributed by atoms with Crippen molar-refractivity contribution >= 4 is 23.1 Å². The summed E-state index contributed by atoms with van der Waals surface area (Å²) < 4.78 is 42.4. The Morgan fingerprint density at radius 3 is 2.64 bits per heavy atom. The van der Waals surface area contributed by atoms with E-state index < -0.39 is 29.6 Å². The molecule has 4 rings (SSSR count). The molecular formula is C25H25ClF2N2O3. The van der Waals surface area contributed by atoms with Crippen LogP contribution in [0.2, 0.25) is 5.02 Å². The zero-order chi connectivity index (χ0) is 23.9. The molecule has 2 aromatic rings. The van der Waals surface area contributed by atoms with E-state index in [0.29, 0.717) is 12.1 Å². The fourth-order valence-corrected chi connectivity index (χ4v) is 5.13. The van der Waals surface area contributed by atoms with Gasteiger partial charge in [0.1, 0.15) is 17.7 Å². The third kappa shape index (κ3) is 3.64. The van der Waals surface area contributed by atoms with Crippen molar-refractivity contribution in [2.24, 2.45) is 5.73 Å². The standard InChI is InChI=1S/C25H25ClF2N2O3/c1-13-19-18(33-25(13,12-30-2)14-7-5-4-6-8-14)11-16(27)22(26)21(19)20-15(24(29)31)9-10-17(32-3)23(20)28/h4-11,13,17,23,30H,12H2,1-3H3,(H2,29,31)/t13-,17-,23?,25-/m0/s1. The summed E-state index contributed by atoms with van der Waals surface area (Å²) in [6.45, 7) is 2.31. The van der Waals surface area contributed by atoms with Crippen molar-refractivity contribution in [1.29, 1.82) is 0 Å². The van der Waals surface area contributed by atoms with Crippen LogP contribution in [-0.2, 0) is 15.1 Å². The van der Waals surface area contributed by atoms with Gasteiger partial charge in [-0.3, -0.25) is 4.79 Å². The monoisotopic (exact) mass is 474 g/mol. The van der Waals surface area contributed by atoms with Gasteiger partial charge < -0.3 is 20.5 Å². The quantitative estimate of drug-likeness (QED) is 0.656. The first-order chi connectivity index (χ1) is 15.8. The summed E-state index contributed by atoms with van der Waals surface area (Å²) in [4.78, 5) is 12.2. The van der Waals surface area contributed by atoms with Crippen LogP contribution in [0.1, 0.15) is 29.5 Å². The number of carbonyl (C=O) groups excluding carboxylic acids is 1. The minimum atomic E-state index is -1.78. The molecule has 1 aliphatic heterocycles. The average molecular weight is 475 g/mol. The lowest BCUT2D eigenvalue weighted by molar-refractivity contribution is -0.114. The minimum absolute atomic E-state index is 0.0801. The van der Waals surface area contributed by atoms with Crippen LogP contribution >= 0.6 is 11.6 Å². The van der Waals surface area contributed by atoms with Crippen LogP contribution < -0.4 is 15.8 Å². The van der Waals surface area contributed by atoms with Crippen LogP contribution in [0, 0.1) is 5.82 Å². The Morgan fingerprint density at radius 2 is 2.03 bits per heavy atom. The largest absolute Gasteiger partial charge is 0.480 e. The number of halogens is 3. The van der Waals surface area contributed by atoms with Crippen molar-refractivity contribution in [3.8, 4) is 5.75 Å². The molecule has 0 bridgehead atoms. The summed E-state index contributed by atoms with van der Waals surface area (Å²) in [6.07, 6.45) is 0.0475. The highest BCUT2D eigenvalue weighted by atomic mass is 35.5. The molecule has 2 aromatic carbocycles. The van der Waals surface area contributed by atoms with Crippen LogP contribution in [0.25, 0.3) is 5.57 Å². The second kappa shape index (κ2) is 8.89. The van der Waals surface area contributed by atoms with Gasteiger partial charge in [0.15, 0.2) is 11.8 Å². The van der Waals surface area contributed by atoms with Gasteiger partial charge in [0.2, 0.25) is 5.91 Å². The van der Waals surface area contributed by atoms with Gasteiger partial charge in [0, 0.05) is 47.9 Å². The molecule has 0 aromatic heterocycles. The number of carbonyl (C=O) groups is 1. The molecule has 0 radical (unpaired) electrons. The molecule has 0 saturated heterocycles. The Bertz CT molecular complexity index is 1150. The lowest BCUT2D eigenvalue weighted by Gasteiger charge is -2.34. The molecule has 1 unspecified atom stereocenters. The number of benzene rings is 2. The molecule has 1 amide bonds. The van der Waals surface area contributed by atoms with E-state index in [-0.39, 0.29) is 33.4 Å². The first-order valence-corrected chi connectivity index (χ1v) is 10.9. The number of alkyl halides is 1. The minimum Gasteiger partial charge on any atom is -0.480 e. The Hall–Kier alpha value is -2.74. The maximum absolute atomic E-state index is 15.7. The molecule has 3 N–H and O–H groups in total. The number of fused-ring (bicyclic) bond motifs is 1. The van der Waals surface area contributed by atoms with Gasteiger partial charge in [-0.1, -0.05) is 61.0 Å². The first kappa shape index (κ1) is 23.4. The SMILES string of the molecule is CNC[C@]1(c2ccccc2)Oc2cc(F)c(Cl)c(C3=C(C(N)=O)C=C[C@H](OC)C3F)c2[C@@H]1C. The summed E-state index contributed by atoms with van der Waals surface area (Å²) in [7, 11) is 3.14. The van der Waals surface area contributed by atoms with Crippen molar-refractivity contribution in [3.05, 3.63) is 81.7 Å². The van der Waals surface area contributed by atoms with E-state index in [1.807, 2.05) is 37.3 Å². The number of rotatable bonds is 6. The Balaban J connectivity index is 2.01. The highest BCUT2D eigenvalue weighted by Gasteiger charge is 2.50. The third-order valence-corrected chi connectivity index (χ3v) is 6.83. The van der Waals surface area contributed by atoms with Gasteiger partial charge in [-0.2, -0.15) is 0 Å². The highest BCUT2D eigenvalue weighted by Crippen LogP contribution is 2.55. The molecule has 1 heterocycles. The normalized spacial score (nSPS) is 26.3. The molecule has 4 atom stereocenters. The van der Waals surface area contributed by atoms with Crippen molar-refractivity contribution in [2.75, 3.05) is 20.7 Å². The molecule has 8 heteroatoms. The van der Waals surface area contributed by atoms with Gasteiger partial charge in [-0.05, 0) is 12.6 Å². The highest BCUT2D eigenvalue weighted by molar-refractivity contribution is 6.33. The predicted octanol–water partition coefficient (Wildman–Crippen LogP) is 4.25. The Labute approximate surface area is 196 Å². The summed E-state index contributed by atoms with van der Waals surface area (Å²) in [6, 6.07) is 10.7. The molecule has 174 valence electrons. The van der Waals surface area contributed by atoms with Crippen LogP contribution in [-0.4, -0.2) is 38.9 Å². The summed E-state index contributed by atoms with van der Waals surface area (Å²) in [5.74, 6) is -1.76. The molecule has 0 saturated carbocycles. The number of nitrogens with two attached hydrogens (primary N) is 1. The summed E-state index contributed by atoms with van der Waals surface area (Å²) in [5.41, 5.74) is 5.95. The van der Waals surface area contributed by atoms with Gasteiger partial charge in [-0.15, -0.1) is 0 Å². The van der Waals surface area contributed by atoms with Crippen LogP contribution in [0.5, 0.6) is 5.75 Å². The van der Waals surface area contributed by atoms with E-state index in [1.165, 1.54) is 25.3 Å². The fourth-order valence-electron chi connectivity index (χ4n) is 4.87. The van der Waals surface area contributed by atoms with E-state index in [9.17, 15) is 4.79 Å². The van der Waals surface area contributed by atoms with Crippen molar-refractivity contribution < 1.29 is 23.0 Å². The van der Waals surface area contributed by atoms with E-state index in [0.717, 1.165) is 5.56 Å². The summed E-state index contributed by atoms with van der Waals surface area (Å²) >= 11 is 6.45. The molecule has 2 aliphatic rings. The first-order valence-electron chi connectivity index (χ1n) is 10.6. The topological polar surface area (TPSA) is 73.6 Å². The Morgan fingerprint density at radius 1 is 1.33 bits per heavy atom. The zero-order valence-corrected chi connectivity index (χ0v) is 19.2. The molecule has 1 aliphatic carbocycles. The maximum Gasteiger partial charge on any atom is 0.249 e. The van der Waals surface area contributed by atoms with Gasteiger partial charge >= 0.3 is 0 Å². The molecule has 5 nitrogen and oxygen atoms in total. The van der Waals surface area contributed by atoms with Gasteiger partial charge in [0.25, 0.3) is 0 Å². The predicted molar refractivity (Wildman–Crippen MR) is 123 cm³/mol. The number of hydrogen-bond donors (Lipinski definition) is 2. The zero-order valence-electron chi connectivity index (χ0n) is 18.5. The van der Waals surface area contributed by atoms with Crippen molar-refractivity contribution in [3.63, 3.8) is 0 Å². The second-order valence-corrected chi connectivity index (χ2v) is 8.60. The van der Waals surface area contributed by atoms with Crippen molar-refractivity contribution in [1.82, 2.24) is 5.32 Å². The lowest BCUT2D eigenvalue weighted by atomic mass is 9.76. The van der Waals surface area contributed by atoms with Crippen LogP contribution in [0.15, 0.2) is 54.1 Å². The fraction of sp³-hybridized carbons (Fsp3) is 0.320. The van der Waals surface area contributed by atoms with Crippen LogP contribution in [0.4, 0.5) is 8.78 Å². The number of likely N-dealkylation sites (N-methyl/N-ethyl adjacent to an activating group) is 1. The average Bonchev–Trinajstić information content (AvgIpc) is 3.07. The van der Waals surface area contributed by atoms with E-state index >= 15 is 8.78 Å². The molecule has 33 heavy (non-hydrogen) atoms. The Kier molecular flexibility index (Phi) is 6.31.